The van der Waals surface area contributed by atoms with Gasteiger partial charge in [-0.2, -0.15) is 5.10 Å². The SMILES string of the molecule is CC(N)C(O)(Cn1cncn1)c1ccc(F)cc1F.Cl. The number of halogens is 3. The summed E-state index contributed by atoms with van der Waals surface area (Å²) >= 11 is 0. The summed E-state index contributed by atoms with van der Waals surface area (Å²) in [6, 6.07) is 2.19. The zero-order chi connectivity index (χ0) is 14.0. The van der Waals surface area contributed by atoms with E-state index in [0.29, 0.717) is 6.07 Å². The molecule has 110 valence electrons. The highest BCUT2D eigenvalue weighted by molar-refractivity contribution is 5.85. The number of hydrogen-bond acceptors (Lipinski definition) is 4. The summed E-state index contributed by atoms with van der Waals surface area (Å²) in [4.78, 5) is 3.74. The number of rotatable bonds is 4. The predicted octanol–water partition coefficient (Wildman–Crippen LogP) is 1.21. The maximum absolute atomic E-state index is 13.8. The van der Waals surface area contributed by atoms with Gasteiger partial charge in [-0.3, -0.25) is 0 Å². The second kappa shape index (κ2) is 6.25. The zero-order valence-electron chi connectivity index (χ0n) is 10.7. The van der Waals surface area contributed by atoms with E-state index in [4.69, 9.17) is 5.73 Å². The lowest BCUT2D eigenvalue weighted by Crippen LogP contribution is -2.47. The Bertz CT molecular complexity index is 565. The van der Waals surface area contributed by atoms with E-state index in [9.17, 15) is 13.9 Å². The van der Waals surface area contributed by atoms with Crippen molar-refractivity contribution in [3.05, 3.63) is 48.1 Å². The van der Waals surface area contributed by atoms with Crippen LogP contribution in [0.3, 0.4) is 0 Å². The summed E-state index contributed by atoms with van der Waals surface area (Å²) < 4.78 is 28.1. The highest BCUT2D eigenvalue weighted by Crippen LogP contribution is 2.28. The Morgan fingerprint density at radius 2 is 2.15 bits per heavy atom. The number of nitrogens with zero attached hydrogens (tertiary/aromatic N) is 3. The van der Waals surface area contributed by atoms with E-state index in [-0.39, 0.29) is 24.5 Å². The number of nitrogens with two attached hydrogens (primary N) is 1. The summed E-state index contributed by atoms with van der Waals surface area (Å²) in [5.74, 6) is -1.56. The Labute approximate surface area is 120 Å². The molecule has 0 saturated carbocycles. The van der Waals surface area contributed by atoms with Gasteiger partial charge in [-0.25, -0.2) is 18.4 Å². The van der Waals surface area contributed by atoms with Crippen LogP contribution in [0.1, 0.15) is 12.5 Å². The van der Waals surface area contributed by atoms with Gasteiger partial charge in [0, 0.05) is 17.7 Å². The van der Waals surface area contributed by atoms with E-state index in [1.54, 1.807) is 6.92 Å². The third-order valence-electron chi connectivity index (χ3n) is 3.02. The normalized spacial score (nSPS) is 15.2. The van der Waals surface area contributed by atoms with Crippen LogP contribution in [-0.2, 0) is 12.1 Å². The van der Waals surface area contributed by atoms with E-state index in [1.165, 1.54) is 23.4 Å². The smallest absolute Gasteiger partial charge is 0.137 e. The van der Waals surface area contributed by atoms with Crippen molar-refractivity contribution < 1.29 is 13.9 Å². The van der Waals surface area contributed by atoms with Gasteiger partial charge in [0.25, 0.3) is 0 Å². The molecule has 0 aliphatic rings. The molecule has 0 aliphatic carbocycles. The van der Waals surface area contributed by atoms with Crippen molar-refractivity contribution in [3.63, 3.8) is 0 Å². The lowest BCUT2D eigenvalue weighted by atomic mass is 9.87. The van der Waals surface area contributed by atoms with E-state index in [1.807, 2.05) is 0 Å². The van der Waals surface area contributed by atoms with Crippen LogP contribution in [0.5, 0.6) is 0 Å². The highest BCUT2D eigenvalue weighted by atomic mass is 35.5. The summed E-state index contributed by atoms with van der Waals surface area (Å²) in [6.45, 7) is 1.47. The molecular formula is C12H15ClF2N4O. The minimum absolute atomic E-state index is 0. The van der Waals surface area contributed by atoms with Crippen LogP contribution < -0.4 is 5.73 Å². The minimum Gasteiger partial charge on any atom is -0.381 e. The first-order valence-electron chi connectivity index (χ1n) is 5.69. The molecule has 0 bridgehead atoms. The molecule has 2 aromatic rings. The Kier molecular flexibility index (Phi) is 5.15. The molecule has 5 nitrogen and oxygen atoms in total. The van der Waals surface area contributed by atoms with Gasteiger partial charge in [0.1, 0.15) is 29.9 Å². The van der Waals surface area contributed by atoms with E-state index in [0.717, 1.165) is 6.07 Å². The van der Waals surface area contributed by atoms with Gasteiger partial charge in [-0.15, -0.1) is 12.4 Å². The Hall–Kier alpha value is -1.57. The summed E-state index contributed by atoms with van der Waals surface area (Å²) in [5.41, 5.74) is 3.98. The van der Waals surface area contributed by atoms with Gasteiger partial charge in [-0.05, 0) is 13.0 Å². The van der Waals surface area contributed by atoms with Crippen molar-refractivity contribution in [1.29, 1.82) is 0 Å². The minimum atomic E-state index is -1.70. The van der Waals surface area contributed by atoms with Gasteiger partial charge >= 0.3 is 0 Å². The van der Waals surface area contributed by atoms with Crippen LogP contribution in [0.25, 0.3) is 0 Å². The molecule has 0 radical (unpaired) electrons. The van der Waals surface area contributed by atoms with Crippen molar-refractivity contribution >= 4 is 12.4 Å². The molecule has 3 N–H and O–H groups in total. The van der Waals surface area contributed by atoms with Crippen LogP contribution in [-0.4, -0.2) is 25.9 Å². The third-order valence-corrected chi connectivity index (χ3v) is 3.02. The van der Waals surface area contributed by atoms with Crippen LogP contribution in [0.4, 0.5) is 8.78 Å². The molecule has 0 saturated heterocycles. The van der Waals surface area contributed by atoms with E-state index in [2.05, 4.69) is 10.1 Å². The molecule has 2 atom stereocenters. The van der Waals surface area contributed by atoms with Crippen LogP contribution >= 0.6 is 12.4 Å². The van der Waals surface area contributed by atoms with Crippen molar-refractivity contribution in [2.24, 2.45) is 5.73 Å². The molecule has 0 aliphatic heterocycles. The van der Waals surface area contributed by atoms with Gasteiger partial charge in [0.2, 0.25) is 0 Å². The molecule has 0 amide bonds. The molecule has 8 heteroatoms. The third kappa shape index (κ3) is 3.12. The molecule has 2 rings (SSSR count). The second-order valence-electron chi connectivity index (χ2n) is 4.43. The van der Waals surface area contributed by atoms with Crippen LogP contribution in [0, 0.1) is 11.6 Å². The largest absolute Gasteiger partial charge is 0.381 e. The maximum Gasteiger partial charge on any atom is 0.137 e. The fraction of sp³-hybridized carbons (Fsp3) is 0.333. The second-order valence-corrected chi connectivity index (χ2v) is 4.43. The van der Waals surface area contributed by atoms with Gasteiger partial charge in [0.15, 0.2) is 0 Å². The van der Waals surface area contributed by atoms with Crippen molar-refractivity contribution in [1.82, 2.24) is 14.8 Å². The standard InChI is InChI=1S/C12H14F2N4O.ClH/c1-8(15)12(19,5-18-7-16-6-17-18)10-3-2-9(13)4-11(10)14;/h2-4,6-8,19H,5,15H2,1H3;1H. The molecule has 1 aromatic carbocycles. The lowest BCUT2D eigenvalue weighted by molar-refractivity contribution is -0.00856. The molecule has 2 unspecified atom stereocenters. The molecule has 1 aromatic heterocycles. The fourth-order valence-electron chi connectivity index (χ4n) is 1.88. The van der Waals surface area contributed by atoms with Crippen molar-refractivity contribution in [2.45, 2.75) is 25.1 Å². The number of hydrogen-bond donors (Lipinski definition) is 2. The predicted molar refractivity (Wildman–Crippen MR) is 71.2 cm³/mol. The zero-order valence-corrected chi connectivity index (χ0v) is 11.5. The molecule has 0 fully saturated rings. The lowest BCUT2D eigenvalue weighted by Gasteiger charge is -2.32. The summed E-state index contributed by atoms with van der Waals surface area (Å²) in [5, 5.41) is 14.5. The number of aliphatic hydroxyl groups is 1. The van der Waals surface area contributed by atoms with Crippen molar-refractivity contribution in [2.75, 3.05) is 0 Å². The Balaban J connectivity index is 0.00000200. The van der Waals surface area contributed by atoms with Gasteiger partial charge in [-0.1, -0.05) is 6.07 Å². The number of benzene rings is 1. The van der Waals surface area contributed by atoms with E-state index >= 15 is 0 Å². The van der Waals surface area contributed by atoms with E-state index < -0.39 is 23.3 Å². The van der Waals surface area contributed by atoms with Crippen LogP contribution in [0.15, 0.2) is 30.9 Å². The quantitative estimate of drug-likeness (QED) is 0.890. The molecule has 20 heavy (non-hydrogen) atoms. The Morgan fingerprint density at radius 3 is 2.65 bits per heavy atom. The van der Waals surface area contributed by atoms with Gasteiger partial charge in [0.05, 0.1) is 6.54 Å². The Morgan fingerprint density at radius 1 is 1.45 bits per heavy atom. The first-order valence-corrected chi connectivity index (χ1v) is 5.69. The average Bonchev–Trinajstić information content (AvgIpc) is 2.81. The average molecular weight is 305 g/mol. The number of aromatic nitrogens is 3. The van der Waals surface area contributed by atoms with Crippen LogP contribution in [0.2, 0.25) is 0 Å². The highest BCUT2D eigenvalue weighted by Gasteiger charge is 2.37. The molecule has 0 spiro atoms. The fourth-order valence-corrected chi connectivity index (χ4v) is 1.88. The maximum atomic E-state index is 13.8. The molecular weight excluding hydrogens is 290 g/mol. The van der Waals surface area contributed by atoms with Gasteiger partial charge < -0.3 is 10.8 Å². The van der Waals surface area contributed by atoms with Crippen molar-refractivity contribution in [3.8, 4) is 0 Å². The summed E-state index contributed by atoms with van der Waals surface area (Å²) in [7, 11) is 0. The first-order chi connectivity index (χ1) is 8.93. The molecule has 1 heterocycles. The first kappa shape index (κ1) is 16.5. The summed E-state index contributed by atoms with van der Waals surface area (Å²) in [6.07, 6.45) is 2.68. The monoisotopic (exact) mass is 304 g/mol. The topological polar surface area (TPSA) is 77.0 Å².